The molecule has 6 aromatic carbocycles. The Morgan fingerprint density at radius 1 is 0.406 bits per heavy atom. The van der Waals surface area contributed by atoms with Crippen LogP contribution in [0.5, 0.6) is 0 Å². The van der Waals surface area contributed by atoms with Gasteiger partial charge in [-0.15, -0.1) is 0 Å². The minimum Gasteiger partial charge on any atom is -0.0622 e. The average Bonchev–Trinajstić information content (AvgIpc) is 2.88. The van der Waals surface area contributed by atoms with Crippen LogP contribution < -0.4 is 0 Å². The highest BCUT2D eigenvalue weighted by atomic mass is 14.2. The summed E-state index contributed by atoms with van der Waals surface area (Å²) in [5.41, 5.74) is 7.26. The van der Waals surface area contributed by atoms with E-state index in [2.05, 4.69) is 133 Å². The van der Waals surface area contributed by atoms with Crippen molar-refractivity contribution in [1.29, 1.82) is 0 Å². The molecule has 0 heterocycles. The van der Waals surface area contributed by atoms with Gasteiger partial charge in [0.2, 0.25) is 0 Å². The number of rotatable bonds is 3. The van der Waals surface area contributed by atoms with Crippen molar-refractivity contribution in [2.45, 2.75) is 0 Å². The fourth-order valence-electron chi connectivity index (χ4n) is 4.74. The predicted octanol–water partition coefficient (Wildman–Crippen LogP) is 8.79. The first-order chi connectivity index (χ1) is 15.9. The number of fused-ring (bicyclic) bond motifs is 2. The van der Waals surface area contributed by atoms with E-state index in [1.165, 1.54) is 49.4 Å². The number of hydrogen-bond donors (Lipinski definition) is 0. The van der Waals surface area contributed by atoms with Gasteiger partial charge in [-0.3, -0.25) is 0 Å². The molecule has 0 aliphatic rings. The summed E-state index contributed by atoms with van der Waals surface area (Å²) < 4.78 is 0. The summed E-state index contributed by atoms with van der Waals surface area (Å²) in [5.74, 6) is 0. The molecule has 0 nitrogen and oxygen atoms in total. The van der Waals surface area contributed by atoms with E-state index in [9.17, 15) is 0 Å². The molecule has 32 heavy (non-hydrogen) atoms. The topological polar surface area (TPSA) is 0 Å². The Labute approximate surface area is 188 Å². The molecule has 1 radical (unpaired) electrons. The highest BCUT2D eigenvalue weighted by Crippen LogP contribution is 2.43. The first-order valence-electron chi connectivity index (χ1n) is 11.0. The first kappa shape index (κ1) is 18.6. The zero-order chi connectivity index (χ0) is 21.3. The van der Waals surface area contributed by atoms with E-state index in [4.69, 9.17) is 0 Å². The van der Waals surface area contributed by atoms with Crippen LogP contribution in [0.25, 0.3) is 54.9 Å². The third-order valence-corrected chi connectivity index (χ3v) is 6.20. The normalized spacial score (nSPS) is 11.1. The third kappa shape index (κ3) is 3.09. The zero-order valence-corrected chi connectivity index (χ0v) is 17.6. The Morgan fingerprint density at radius 2 is 0.969 bits per heavy atom. The molecule has 6 aromatic rings. The van der Waals surface area contributed by atoms with Gasteiger partial charge in [0.15, 0.2) is 0 Å². The summed E-state index contributed by atoms with van der Waals surface area (Å²) in [7, 11) is 0. The molecule has 0 aliphatic carbocycles. The second-order valence-electron chi connectivity index (χ2n) is 8.06. The molecule has 0 spiro atoms. The van der Waals surface area contributed by atoms with E-state index < -0.39 is 0 Å². The van der Waals surface area contributed by atoms with Crippen LogP contribution in [0.3, 0.4) is 0 Å². The van der Waals surface area contributed by atoms with E-state index in [1.807, 2.05) is 0 Å². The van der Waals surface area contributed by atoms with Crippen molar-refractivity contribution < 1.29 is 0 Å². The van der Waals surface area contributed by atoms with Crippen molar-refractivity contribution in [2.24, 2.45) is 0 Å². The molecule has 0 fully saturated rings. The molecule has 0 heteroatoms. The lowest BCUT2D eigenvalue weighted by Crippen LogP contribution is -1.92. The van der Waals surface area contributed by atoms with Crippen molar-refractivity contribution in [3.8, 4) is 33.4 Å². The highest BCUT2D eigenvalue weighted by molar-refractivity contribution is 6.08. The van der Waals surface area contributed by atoms with Crippen molar-refractivity contribution in [1.82, 2.24) is 0 Å². The molecule has 0 atom stereocenters. The second kappa shape index (κ2) is 7.83. The van der Waals surface area contributed by atoms with E-state index in [1.54, 1.807) is 0 Å². The first-order valence-corrected chi connectivity index (χ1v) is 11.0. The Balaban J connectivity index is 1.75. The monoisotopic (exact) mass is 405 g/mol. The Hall–Kier alpha value is -4.16. The van der Waals surface area contributed by atoms with Crippen LogP contribution in [-0.2, 0) is 0 Å². The van der Waals surface area contributed by atoms with Gasteiger partial charge >= 0.3 is 0 Å². The Bertz CT molecular complexity index is 1550. The van der Waals surface area contributed by atoms with Crippen LogP contribution in [0, 0.1) is 6.07 Å². The van der Waals surface area contributed by atoms with Crippen LogP contribution in [0.4, 0.5) is 0 Å². The Morgan fingerprint density at radius 3 is 1.69 bits per heavy atom. The summed E-state index contributed by atoms with van der Waals surface area (Å²) in [6.07, 6.45) is 0. The van der Waals surface area contributed by atoms with Gasteiger partial charge in [-0.1, -0.05) is 127 Å². The maximum Gasteiger partial charge on any atom is -0.00139 e. The summed E-state index contributed by atoms with van der Waals surface area (Å²) in [5, 5.41) is 5.00. The summed E-state index contributed by atoms with van der Waals surface area (Å²) in [6, 6.07) is 48.9. The molecule has 0 saturated carbocycles. The van der Waals surface area contributed by atoms with Gasteiger partial charge in [-0.2, -0.15) is 0 Å². The van der Waals surface area contributed by atoms with E-state index in [-0.39, 0.29) is 0 Å². The van der Waals surface area contributed by atoms with E-state index in [0.717, 1.165) is 5.56 Å². The van der Waals surface area contributed by atoms with Gasteiger partial charge in [0.05, 0.1) is 0 Å². The van der Waals surface area contributed by atoms with Crippen LogP contribution >= 0.6 is 0 Å². The van der Waals surface area contributed by atoms with Crippen molar-refractivity contribution in [2.75, 3.05) is 0 Å². The fourth-order valence-corrected chi connectivity index (χ4v) is 4.74. The lowest BCUT2D eigenvalue weighted by molar-refractivity contribution is 1.58. The van der Waals surface area contributed by atoms with E-state index >= 15 is 0 Å². The van der Waals surface area contributed by atoms with Crippen molar-refractivity contribution in [3.05, 3.63) is 133 Å². The number of benzene rings is 6. The quantitative estimate of drug-likeness (QED) is 0.276. The van der Waals surface area contributed by atoms with Gasteiger partial charge in [0.25, 0.3) is 0 Å². The molecule has 0 amide bonds. The molecule has 0 saturated heterocycles. The van der Waals surface area contributed by atoms with Gasteiger partial charge in [0.1, 0.15) is 0 Å². The maximum atomic E-state index is 3.62. The summed E-state index contributed by atoms with van der Waals surface area (Å²) in [6.45, 7) is 0. The molecule has 0 aliphatic heterocycles. The van der Waals surface area contributed by atoms with Crippen molar-refractivity contribution >= 4 is 21.5 Å². The average molecular weight is 406 g/mol. The molecular weight excluding hydrogens is 384 g/mol. The van der Waals surface area contributed by atoms with E-state index in [0.29, 0.717) is 0 Å². The summed E-state index contributed by atoms with van der Waals surface area (Å²) >= 11 is 0. The van der Waals surface area contributed by atoms with Gasteiger partial charge in [-0.25, -0.2) is 0 Å². The smallest absolute Gasteiger partial charge is 0.00139 e. The molecule has 0 aromatic heterocycles. The highest BCUT2D eigenvalue weighted by Gasteiger charge is 2.17. The minimum absolute atomic E-state index is 1.14. The van der Waals surface area contributed by atoms with Crippen LogP contribution in [-0.4, -0.2) is 0 Å². The zero-order valence-electron chi connectivity index (χ0n) is 17.6. The second-order valence-corrected chi connectivity index (χ2v) is 8.06. The van der Waals surface area contributed by atoms with Crippen molar-refractivity contribution in [3.63, 3.8) is 0 Å². The predicted molar refractivity (Wildman–Crippen MR) is 137 cm³/mol. The standard InChI is InChI=1S/C32H21/c1-2-11-25(12-3-1)28-19-10-22-31(29-20-8-15-23-13-4-6-17-26(23)29)32(28)30-21-9-16-24-14-5-7-18-27(24)30/h1-21H. The van der Waals surface area contributed by atoms with Crippen LogP contribution in [0.2, 0.25) is 0 Å². The molecule has 0 N–H and O–H groups in total. The minimum atomic E-state index is 1.14. The van der Waals surface area contributed by atoms with Gasteiger partial charge in [0, 0.05) is 0 Å². The van der Waals surface area contributed by atoms with Crippen LogP contribution in [0.1, 0.15) is 0 Å². The van der Waals surface area contributed by atoms with Gasteiger partial charge < -0.3 is 0 Å². The lowest BCUT2D eigenvalue weighted by atomic mass is 9.84. The largest absolute Gasteiger partial charge is 0.0622 e. The maximum absolute atomic E-state index is 3.62. The van der Waals surface area contributed by atoms with Gasteiger partial charge in [-0.05, 0) is 61.0 Å². The molecular formula is C32H21. The Kier molecular flexibility index (Phi) is 4.55. The summed E-state index contributed by atoms with van der Waals surface area (Å²) in [4.78, 5) is 0. The third-order valence-electron chi connectivity index (χ3n) is 6.20. The van der Waals surface area contributed by atoms with Crippen LogP contribution in [0.15, 0.2) is 127 Å². The number of hydrogen-bond acceptors (Lipinski definition) is 0. The fraction of sp³-hybridized carbons (Fsp3) is 0. The molecule has 6 rings (SSSR count). The SMILES string of the molecule is [c]1ccc(-c2ccccc2)c(-c2cccc3ccccc23)c1-c1cccc2ccccc12. The molecule has 149 valence electrons. The lowest BCUT2D eigenvalue weighted by Gasteiger charge is -2.18. The molecule has 0 unspecified atom stereocenters. The molecule has 0 bridgehead atoms.